The van der Waals surface area contributed by atoms with Gasteiger partial charge in [0, 0.05) is 17.8 Å². The monoisotopic (exact) mass is 427 g/mol. The van der Waals surface area contributed by atoms with Gasteiger partial charge in [0.15, 0.2) is 5.11 Å². The van der Waals surface area contributed by atoms with E-state index in [0.717, 1.165) is 12.0 Å². The predicted octanol–water partition coefficient (Wildman–Crippen LogP) is 4.90. The Labute approximate surface area is 183 Å². The lowest BCUT2D eigenvalue weighted by Gasteiger charge is -2.16. The van der Waals surface area contributed by atoms with Gasteiger partial charge in [-0.3, -0.25) is 14.9 Å². The van der Waals surface area contributed by atoms with Crippen molar-refractivity contribution in [2.45, 2.75) is 40.5 Å². The van der Waals surface area contributed by atoms with Gasteiger partial charge in [0.1, 0.15) is 5.75 Å². The molecule has 0 aromatic heterocycles. The number of hydrogen-bond acceptors (Lipinski definition) is 4. The summed E-state index contributed by atoms with van der Waals surface area (Å²) in [5.41, 5.74) is 2.65. The SMILES string of the molecule is CCC(=O)Nc1cccc(NC(=S)NC(=O)c2ccccc2OCCC(C)C)c1C. The first-order chi connectivity index (χ1) is 14.3. The zero-order chi connectivity index (χ0) is 22.1. The van der Waals surface area contributed by atoms with Crippen molar-refractivity contribution in [3.63, 3.8) is 0 Å². The Morgan fingerprint density at radius 2 is 1.70 bits per heavy atom. The standard InChI is InChI=1S/C23H29N3O3S/c1-5-21(27)24-18-10-8-11-19(16(18)4)25-23(30)26-22(28)17-9-6-7-12-20(17)29-14-13-15(2)3/h6-12,15H,5,13-14H2,1-4H3,(H,24,27)(H2,25,26,28,30). The number of anilines is 2. The molecule has 6 nitrogen and oxygen atoms in total. The van der Waals surface area contributed by atoms with E-state index in [-0.39, 0.29) is 16.9 Å². The van der Waals surface area contributed by atoms with E-state index in [1.165, 1.54) is 0 Å². The fourth-order valence-electron chi connectivity index (χ4n) is 2.65. The number of benzene rings is 2. The van der Waals surface area contributed by atoms with Gasteiger partial charge in [-0.2, -0.15) is 0 Å². The predicted molar refractivity (Wildman–Crippen MR) is 125 cm³/mol. The van der Waals surface area contributed by atoms with E-state index in [4.69, 9.17) is 17.0 Å². The van der Waals surface area contributed by atoms with Crippen LogP contribution in [0.2, 0.25) is 0 Å². The summed E-state index contributed by atoms with van der Waals surface area (Å²) < 4.78 is 5.79. The number of carbonyl (C=O) groups is 2. The zero-order valence-corrected chi connectivity index (χ0v) is 18.7. The highest BCUT2D eigenvalue weighted by Crippen LogP contribution is 2.24. The van der Waals surface area contributed by atoms with Crippen LogP contribution in [0.3, 0.4) is 0 Å². The van der Waals surface area contributed by atoms with Crippen LogP contribution in [0.4, 0.5) is 11.4 Å². The molecular weight excluding hydrogens is 398 g/mol. The van der Waals surface area contributed by atoms with Crippen molar-refractivity contribution < 1.29 is 14.3 Å². The molecule has 0 aliphatic carbocycles. The van der Waals surface area contributed by atoms with Crippen LogP contribution in [0.1, 0.15) is 49.5 Å². The van der Waals surface area contributed by atoms with Crippen molar-refractivity contribution in [1.82, 2.24) is 5.32 Å². The number of thiocarbonyl (C=S) groups is 1. The topological polar surface area (TPSA) is 79.5 Å². The number of carbonyl (C=O) groups excluding carboxylic acids is 2. The molecule has 2 amide bonds. The molecule has 0 aliphatic heterocycles. The number of hydrogen-bond donors (Lipinski definition) is 3. The molecular formula is C23H29N3O3S. The lowest BCUT2D eigenvalue weighted by atomic mass is 10.1. The first kappa shape index (κ1) is 23.3. The second kappa shape index (κ2) is 11.3. The minimum atomic E-state index is -0.347. The Balaban J connectivity index is 2.05. The molecule has 0 unspecified atom stereocenters. The van der Waals surface area contributed by atoms with Gasteiger partial charge in [0.25, 0.3) is 5.91 Å². The molecule has 0 saturated carbocycles. The molecule has 2 aromatic carbocycles. The molecule has 2 rings (SSSR count). The van der Waals surface area contributed by atoms with Crippen molar-refractivity contribution in [2.24, 2.45) is 5.92 Å². The highest BCUT2D eigenvalue weighted by Gasteiger charge is 2.15. The van der Waals surface area contributed by atoms with Gasteiger partial charge >= 0.3 is 0 Å². The van der Waals surface area contributed by atoms with Crippen LogP contribution in [0, 0.1) is 12.8 Å². The van der Waals surface area contributed by atoms with Gasteiger partial charge in [0.2, 0.25) is 5.91 Å². The second-order valence-electron chi connectivity index (χ2n) is 7.32. The molecule has 30 heavy (non-hydrogen) atoms. The molecule has 0 radical (unpaired) electrons. The van der Waals surface area contributed by atoms with Gasteiger partial charge < -0.3 is 15.4 Å². The third-order valence-corrected chi connectivity index (χ3v) is 4.69. The Bertz CT molecular complexity index is 912. The number of nitrogens with one attached hydrogen (secondary N) is 3. The first-order valence-corrected chi connectivity index (χ1v) is 10.5. The van der Waals surface area contributed by atoms with Crippen molar-refractivity contribution in [1.29, 1.82) is 0 Å². The summed E-state index contributed by atoms with van der Waals surface area (Å²) in [7, 11) is 0. The number of amides is 2. The molecule has 0 aliphatic rings. The fraction of sp³-hybridized carbons (Fsp3) is 0.348. The quantitative estimate of drug-likeness (QED) is 0.523. The summed E-state index contributed by atoms with van der Waals surface area (Å²) in [6.07, 6.45) is 1.30. The number of ether oxygens (including phenoxy) is 1. The minimum absolute atomic E-state index is 0.0693. The van der Waals surface area contributed by atoms with E-state index in [0.29, 0.717) is 41.6 Å². The Kier molecular flexibility index (Phi) is 8.80. The van der Waals surface area contributed by atoms with Crippen LogP contribution in [0.5, 0.6) is 5.75 Å². The van der Waals surface area contributed by atoms with Crippen LogP contribution in [-0.4, -0.2) is 23.5 Å². The molecule has 160 valence electrons. The van der Waals surface area contributed by atoms with Crippen LogP contribution < -0.4 is 20.7 Å². The molecule has 3 N–H and O–H groups in total. The van der Waals surface area contributed by atoms with Gasteiger partial charge in [-0.25, -0.2) is 0 Å². The van der Waals surface area contributed by atoms with Crippen LogP contribution in [0.25, 0.3) is 0 Å². The van der Waals surface area contributed by atoms with E-state index in [1.807, 2.05) is 31.2 Å². The molecule has 2 aromatic rings. The van der Waals surface area contributed by atoms with Gasteiger partial charge in [-0.05, 0) is 61.3 Å². The minimum Gasteiger partial charge on any atom is -0.493 e. The van der Waals surface area contributed by atoms with Crippen LogP contribution >= 0.6 is 12.2 Å². The van der Waals surface area contributed by atoms with E-state index in [2.05, 4.69) is 29.8 Å². The summed E-state index contributed by atoms with van der Waals surface area (Å²) in [5, 5.41) is 8.74. The van der Waals surface area contributed by atoms with Crippen molar-refractivity contribution in [3.8, 4) is 5.75 Å². The van der Waals surface area contributed by atoms with Crippen LogP contribution in [0.15, 0.2) is 42.5 Å². The smallest absolute Gasteiger partial charge is 0.261 e. The van der Waals surface area contributed by atoms with Gasteiger partial charge in [-0.15, -0.1) is 0 Å². The average molecular weight is 428 g/mol. The van der Waals surface area contributed by atoms with Gasteiger partial charge in [-0.1, -0.05) is 39.0 Å². The third-order valence-electron chi connectivity index (χ3n) is 4.49. The van der Waals surface area contributed by atoms with E-state index >= 15 is 0 Å². The summed E-state index contributed by atoms with van der Waals surface area (Å²) in [4.78, 5) is 24.4. The lowest BCUT2D eigenvalue weighted by molar-refractivity contribution is -0.115. The molecule has 0 atom stereocenters. The number of rotatable bonds is 8. The Morgan fingerprint density at radius 1 is 1.03 bits per heavy atom. The zero-order valence-electron chi connectivity index (χ0n) is 17.9. The van der Waals surface area contributed by atoms with Crippen molar-refractivity contribution in [3.05, 3.63) is 53.6 Å². The average Bonchev–Trinajstić information content (AvgIpc) is 2.70. The van der Waals surface area contributed by atoms with Gasteiger partial charge in [0.05, 0.1) is 12.2 Å². The van der Waals surface area contributed by atoms with E-state index < -0.39 is 0 Å². The summed E-state index contributed by atoms with van der Waals surface area (Å²) >= 11 is 5.32. The number of para-hydroxylation sites is 1. The molecule has 0 heterocycles. The maximum Gasteiger partial charge on any atom is 0.261 e. The highest BCUT2D eigenvalue weighted by atomic mass is 32.1. The molecule has 0 spiro atoms. The second-order valence-corrected chi connectivity index (χ2v) is 7.72. The summed E-state index contributed by atoms with van der Waals surface area (Å²) in [5.74, 6) is 0.628. The van der Waals surface area contributed by atoms with Crippen molar-refractivity contribution >= 4 is 40.5 Å². The lowest BCUT2D eigenvalue weighted by Crippen LogP contribution is -2.34. The maximum absolute atomic E-state index is 12.7. The van der Waals surface area contributed by atoms with Crippen molar-refractivity contribution in [2.75, 3.05) is 17.2 Å². The molecule has 0 fully saturated rings. The Hall–Kier alpha value is -2.93. The van der Waals surface area contributed by atoms with E-state index in [9.17, 15) is 9.59 Å². The molecule has 7 heteroatoms. The largest absolute Gasteiger partial charge is 0.493 e. The van der Waals surface area contributed by atoms with Crippen LogP contribution in [-0.2, 0) is 4.79 Å². The normalized spacial score (nSPS) is 10.4. The third kappa shape index (κ3) is 6.84. The fourth-order valence-corrected chi connectivity index (χ4v) is 2.86. The van der Waals surface area contributed by atoms with E-state index in [1.54, 1.807) is 25.1 Å². The molecule has 0 saturated heterocycles. The maximum atomic E-state index is 12.7. The molecule has 0 bridgehead atoms. The summed E-state index contributed by atoms with van der Waals surface area (Å²) in [6.45, 7) is 8.45. The highest BCUT2D eigenvalue weighted by molar-refractivity contribution is 7.80. The Morgan fingerprint density at radius 3 is 2.37 bits per heavy atom. The summed E-state index contributed by atoms with van der Waals surface area (Å²) in [6, 6.07) is 12.6. The first-order valence-electron chi connectivity index (χ1n) is 10.1.